The van der Waals surface area contributed by atoms with E-state index in [2.05, 4.69) is 0 Å². The number of aryl methyl sites for hydroxylation is 1. The number of benzene rings is 1. The summed E-state index contributed by atoms with van der Waals surface area (Å²) in [5.74, 6) is -1.27. The van der Waals surface area contributed by atoms with E-state index in [9.17, 15) is 12.8 Å². The first-order chi connectivity index (χ1) is 5.82. The van der Waals surface area contributed by atoms with Crippen molar-refractivity contribution in [2.45, 2.75) is 11.8 Å². The molecule has 1 aromatic carbocycles. The zero-order valence-corrected chi connectivity index (χ0v) is 8.16. The minimum atomic E-state index is -4.14. The van der Waals surface area contributed by atoms with E-state index in [1.165, 1.54) is 6.92 Å². The molecule has 0 bridgehead atoms. The van der Waals surface area contributed by atoms with Crippen molar-refractivity contribution in [2.75, 3.05) is 0 Å². The third kappa shape index (κ3) is 2.10. The lowest BCUT2D eigenvalue weighted by molar-refractivity contribution is 0.464. The molecule has 0 aliphatic rings. The van der Waals surface area contributed by atoms with Gasteiger partial charge in [-0.25, -0.2) is 12.8 Å². The van der Waals surface area contributed by atoms with E-state index < -0.39 is 19.8 Å². The largest absolute Gasteiger partial charge is 0.508 e. The summed E-state index contributed by atoms with van der Waals surface area (Å²) in [5.41, 5.74) is 0.251. The van der Waals surface area contributed by atoms with E-state index in [0.717, 1.165) is 12.1 Å². The monoisotopic (exact) mass is 224 g/mol. The lowest BCUT2D eigenvalue weighted by Gasteiger charge is -2.02. The van der Waals surface area contributed by atoms with Gasteiger partial charge in [0, 0.05) is 16.7 Å². The van der Waals surface area contributed by atoms with Crippen LogP contribution in [0.2, 0.25) is 0 Å². The molecule has 0 atom stereocenters. The summed E-state index contributed by atoms with van der Waals surface area (Å²) in [6.45, 7) is 1.45. The Morgan fingerprint density at radius 1 is 1.46 bits per heavy atom. The highest BCUT2D eigenvalue weighted by Crippen LogP contribution is 2.26. The summed E-state index contributed by atoms with van der Waals surface area (Å²) in [5, 5.41) is 9.10. The van der Waals surface area contributed by atoms with Gasteiger partial charge < -0.3 is 5.11 Å². The normalized spacial score (nSPS) is 11.6. The van der Waals surface area contributed by atoms with E-state index in [4.69, 9.17) is 15.8 Å². The topological polar surface area (TPSA) is 54.4 Å². The SMILES string of the molecule is Cc1cc(F)c(S(=O)(=O)Cl)cc1O. The Bertz CT molecular complexity index is 441. The molecule has 72 valence electrons. The van der Waals surface area contributed by atoms with Crippen molar-refractivity contribution >= 4 is 19.7 Å². The van der Waals surface area contributed by atoms with E-state index in [0.29, 0.717) is 0 Å². The highest BCUT2D eigenvalue weighted by molar-refractivity contribution is 8.13. The molecule has 1 rings (SSSR count). The smallest absolute Gasteiger partial charge is 0.264 e. The second-order valence-electron chi connectivity index (χ2n) is 2.51. The van der Waals surface area contributed by atoms with Crippen LogP contribution in [-0.4, -0.2) is 13.5 Å². The molecular weight excluding hydrogens is 219 g/mol. The van der Waals surface area contributed by atoms with Gasteiger partial charge in [-0.15, -0.1) is 0 Å². The van der Waals surface area contributed by atoms with Crippen molar-refractivity contribution in [1.82, 2.24) is 0 Å². The number of halogens is 2. The molecule has 0 spiro atoms. The Kier molecular flexibility index (Phi) is 2.49. The summed E-state index contributed by atoms with van der Waals surface area (Å²) < 4.78 is 34.4. The Morgan fingerprint density at radius 3 is 2.46 bits per heavy atom. The van der Waals surface area contributed by atoms with Crippen LogP contribution < -0.4 is 0 Å². The van der Waals surface area contributed by atoms with Crippen molar-refractivity contribution in [3.05, 3.63) is 23.5 Å². The number of phenols is 1. The zero-order valence-electron chi connectivity index (χ0n) is 6.58. The van der Waals surface area contributed by atoms with Gasteiger partial charge in [-0.3, -0.25) is 0 Å². The van der Waals surface area contributed by atoms with Crippen molar-refractivity contribution in [3.8, 4) is 5.75 Å². The van der Waals surface area contributed by atoms with Crippen molar-refractivity contribution < 1.29 is 17.9 Å². The van der Waals surface area contributed by atoms with Crippen LogP contribution in [0.15, 0.2) is 17.0 Å². The highest BCUT2D eigenvalue weighted by Gasteiger charge is 2.17. The third-order valence-corrected chi connectivity index (χ3v) is 2.85. The van der Waals surface area contributed by atoms with Crippen LogP contribution in [0.1, 0.15) is 5.56 Å². The second kappa shape index (κ2) is 3.16. The van der Waals surface area contributed by atoms with Crippen LogP contribution >= 0.6 is 10.7 Å². The highest BCUT2D eigenvalue weighted by atomic mass is 35.7. The fraction of sp³-hybridized carbons (Fsp3) is 0.143. The summed E-state index contributed by atoms with van der Waals surface area (Å²) >= 11 is 0. The maximum absolute atomic E-state index is 13.0. The average molecular weight is 225 g/mol. The van der Waals surface area contributed by atoms with Gasteiger partial charge in [-0.1, -0.05) is 0 Å². The van der Waals surface area contributed by atoms with E-state index in [1.54, 1.807) is 0 Å². The zero-order chi connectivity index (χ0) is 10.2. The molecule has 0 heterocycles. The van der Waals surface area contributed by atoms with Crippen molar-refractivity contribution in [3.63, 3.8) is 0 Å². The standard InChI is InChI=1S/C7H6ClFO3S/c1-4-2-5(9)7(3-6(4)10)13(8,11)12/h2-3,10H,1H3. The number of hydrogen-bond donors (Lipinski definition) is 1. The Morgan fingerprint density at radius 2 is 2.00 bits per heavy atom. The van der Waals surface area contributed by atoms with Crippen LogP contribution in [0.5, 0.6) is 5.75 Å². The molecular formula is C7H6ClFO3S. The summed E-state index contributed by atoms with van der Waals surface area (Å²) in [7, 11) is 0.774. The van der Waals surface area contributed by atoms with Crippen molar-refractivity contribution in [1.29, 1.82) is 0 Å². The van der Waals surface area contributed by atoms with E-state index in [1.807, 2.05) is 0 Å². The fourth-order valence-electron chi connectivity index (χ4n) is 0.829. The first-order valence-electron chi connectivity index (χ1n) is 3.26. The van der Waals surface area contributed by atoms with Gasteiger partial charge in [0.2, 0.25) is 0 Å². The average Bonchev–Trinajstić information content (AvgIpc) is 1.94. The third-order valence-electron chi connectivity index (χ3n) is 1.51. The first kappa shape index (κ1) is 10.3. The predicted molar refractivity (Wildman–Crippen MR) is 45.8 cm³/mol. The molecule has 0 aliphatic heterocycles. The molecule has 0 aliphatic carbocycles. The Hall–Kier alpha value is -0.810. The van der Waals surface area contributed by atoms with Gasteiger partial charge in [0.05, 0.1) is 0 Å². The molecule has 0 amide bonds. The van der Waals surface area contributed by atoms with Gasteiger partial charge in [-0.2, -0.15) is 0 Å². The maximum Gasteiger partial charge on any atom is 0.264 e. The van der Waals surface area contributed by atoms with Crippen LogP contribution in [0, 0.1) is 12.7 Å². The Labute approximate surface area is 79.2 Å². The molecule has 13 heavy (non-hydrogen) atoms. The first-order valence-corrected chi connectivity index (χ1v) is 5.57. The lowest BCUT2D eigenvalue weighted by atomic mass is 10.2. The molecule has 6 heteroatoms. The minimum absolute atomic E-state index is 0.251. The minimum Gasteiger partial charge on any atom is -0.508 e. The summed E-state index contributed by atoms with van der Waals surface area (Å²) in [4.78, 5) is -0.711. The second-order valence-corrected chi connectivity index (χ2v) is 5.04. The molecule has 0 aromatic heterocycles. The lowest BCUT2D eigenvalue weighted by Crippen LogP contribution is -1.95. The number of rotatable bonds is 1. The van der Waals surface area contributed by atoms with Gasteiger partial charge in [-0.05, 0) is 18.6 Å². The molecule has 0 saturated heterocycles. The van der Waals surface area contributed by atoms with Gasteiger partial charge in [0.15, 0.2) is 0 Å². The van der Waals surface area contributed by atoms with Crippen LogP contribution in [0.25, 0.3) is 0 Å². The molecule has 0 saturated carbocycles. The number of hydrogen-bond acceptors (Lipinski definition) is 3. The molecule has 3 nitrogen and oxygen atoms in total. The maximum atomic E-state index is 13.0. The van der Waals surface area contributed by atoms with Crippen LogP contribution in [-0.2, 0) is 9.05 Å². The van der Waals surface area contributed by atoms with Crippen LogP contribution in [0.3, 0.4) is 0 Å². The van der Waals surface area contributed by atoms with E-state index in [-0.39, 0.29) is 11.3 Å². The Balaban J connectivity index is 3.50. The van der Waals surface area contributed by atoms with Gasteiger partial charge >= 0.3 is 0 Å². The predicted octanol–water partition coefficient (Wildman–Crippen LogP) is 1.77. The molecule has 0 fully saturated rings. The van der Waals surface area contributed by atoms with E-state index >= 15 is 0 Å². The molecule has 0 unspecified atom stereocenters. The quantitative estimate of drug-likeness (QED) is 0.740. The summed E-state index contributed by atoms with van der Waals surface area (Å²) in [6.07, 6.45) is 0. The number of aromatic hydroxyl groups is 1. The number of phenolic OH excluding ortho intramolecular Hbond substituents is 1. The van der Waals surface area contributed by atoms with Crippen LogP contribution in [0.4, 0.5) is 4.39 Å². The fourth-order valence-corrected chi connectivity index (χ4v) is 1.73. The molecule has 1 aromatic rings. The summed E-state index contributed by atoms with van der Waals surface area (Å²) in [6, 6.07) is 1.69. The molecule has 0 radical (unpaired) electrons. The van der Waals surface area contributed by atoms with Crippen molar-refractivity contribution in [2.24, 2.45) is 0 Å². The van der Waals surface area contributed by atoms with Gasteiger partial charge in [0.25, 0.3) is 9.05 Å². The van der Waals surface area contributed by atoms with Gasteiger partial charge in [0.1, 0.15) is 16.5 Å². The molecule has 1 N–H and O–H groups in total.